The molecule has 9 heteroatoms. The SMILES string of the molecule is CCNS(=O)(=O)c1ccc(NC(=S)Nc2ccc(C(=O)OCC)cc2)cc1. The van der Waals surface area contributed by atoms with Gasteiger partial charge in [0.05, 0.1) is 17.1 Å². The number of thiocarbonyl (C=S) groups is 1. The van der Waals surface area contributed by atoms with Crippen LogP contribution in [0.4, 0.5) is 11.4 Å². The highest BCUT2D eigenvalue weighted by molar-refractivity contribution is 7.89. The Balaban J connectivity index is 1.96. The fourth-order valence-corrected chi connectivity index (χ4v) is 3.47. The van der Waals surface area contributed by atoms with Gasteiger partial charge in [-0.05, 0) is 67.7 Å². The third-order valence-electron chi connectivity index (χ3n) is 3.41. The van der Waals surface area contributed by atoms with Gasteiger partial charge in [-0.25, -0.2) is 17.9 Å². The molecule has 0 saturated carbocycles. The minimum Gasteiger partial charge on any atom is -0.462 e. The quantitative estimate of drug-likeness (QED) is 0.480. The minimum atomic E-state index is -3.48. The number of nitrogens with one attached hydrogen (secondary N) is 3. The molecule has 0 aliphatic carbocycles. The van der Waals surface area contributed by atoms with E-state index in [1.54, 1.807) is 50.2 Å². The second-order valence-electron chi connectivity index (χ2n) is 5.40. The zero-order valence-electron chi connectivity index (χ0n) is 15.0. The van der Waals surface area contributed by atoms with Gasteiger partial charge in [0.25, 0.3) is 0 Å². The predicted molar refractivity (Wildman–Crippen MR) is 110 cm³/mol. The zero-order chi connectivity index (χ0) is 19.9. The average molecular weight is 408 g/mol. The van der Waals surface area contributed by atoms with Crippen molar-refractivity contribution in [2.24, 2.45) is 0 Å². The highest BCUT2D eigenvalue weighted by Gasteiger charge is 2.12. The largest absolute Gasteiger partial charge is 0.462 e. The van der Waals surface area contributed by atoms with Gasteiger partial charge in [0.1, 0.15) is 0 Å². The molecule has 0 atom stereocenters. The monoisotopic (exact) mass is 407 g/mol. The lowest BCUT2D eigenvalue weighted by Crippen LogP contribution is -2.23. The number of esters is 1. The molecule has 0 heterocycles. The van der Waals surface area contributed by atoms with E-state index in [1.165, 1.54) is 12.1 Å². The molecule has 2 aromatic carbocycles. The molecule has 0 radical (unpaired) electrons. The van der Waals surface area contributed by atoms with E-state index in [4.69, 9.17) is 17.0 Å². The topological polar surface area (TPSA) is 96.5 Å². The number of ether oxygens (including phenoxy) is 1. The maximum absolute atomic E-state index is 11.9. The van der Waals surface area contributed by atoms with Crippen LogP contribution in [0.5, 0.6) is 0 Å². The summed E-state index contributed by atoms with van der Waals surface area (Å²) in [5, 5.41) is 6.30. The van der Waals surface area contributed by atoms with Crippen LogP contribution in [0.1, 0.15) is 24.2 Å². The molecule has 144 valence electrons. The van der Waals surface area contributed by atoms with Crippen molar-refractivity contribution < 1.29 is 17.9 Å². The number of benzene rings is 2. The summed E-state index contributed by atoms with van der Waals surface area (Å²) < 4.78 is 31.2. The molecular formula is C18H21N3O4S2. The van der Waals surface area contributed by atoms with Crippen LogP contribution in [0, 0.1) is 0 Å². The molecule has 3 N–H and O–H groups in total. The van der Waals surface area contributed by atoms with Crippen molar-refractivity contribution in [3.8, 4) is 0 Å². The van der Waals surface area contributed by atoms with Crippen molar-refractivity contribution in [2.45, 2.75) is 18.7 Å². The van der Waals surface area contributed by atoms with Crippen molar-refractivity contribution in [1.82, 2.24) is 4.72 Å². The first-order valence-electron chi connectivity index (χ1n) is 8.30. The van der Waals surface area contributed by atoms with E-state index in [0.29, 0.717) is 35.2 Å². The van der Waals surface area contributed by atoms with Gasteiger partial charge in [0.2, 0.25) is 10.0 Å². The number of hydrogen-bond acceptors (Lipinski definition) is 5. The number of carbonyl (C=O) groups excluding carboxylic acids is 1. The molecule has 7 nitrogen and oxygen atoms in total. The molecule has 0 saturated heterocycles. The van der Waals surface area contributed by atoms with Crippen molar-refractivity contribution in [1.29, 1.82) is 0 Å². The standard InChI is InChI=1S/C18H21N3O4S2/c1-3-19-27(23,24)16-11-9-15(10-12-16)21-18(26)20-14-7-5-13(6-8-14)17(22)25-4-2/h5-12,19H,3-4H2,1-2H3,(H2,20,21,26). The Morgan fingerprint density at radius 1 is 0.963 bits per heavy atom. The number of hydrogen-bond donors (Lipinski definition) is 3. The van der Waals surface area contributed by atoms with Crippen LogP contribution < -0.4 is 15.4 Å². The fraction of sp³-hybridized carbons (Fsp3) is 0.222. The number of anilines is 2. The van der Waals surface area contributed by atoms with Gasteiger partial charge in [0.15, 0.2) is 5.11 Å². The maximum atomic E-state index is 11.9. The second kappa shape index (κ2) is 9.45. The molecule has 0 bridgehead atoms. The minimum absolute atomic E-state index is 0.184. The number of carbonyl (C=O) groups is 1. The van der Waals surface area contributed by atoms with Crippen LogP contribution in [-0.2, 0) is 14.8 Å². The summed E-state index contributed by atoms with van der Waals surface area (Å²) in [6, 6.07) is 13.0. The van der Waals surface area contributed by atoms with Crippen LogP contribution in [0.3, 0.4) is 0 Å². The summed E-state index contributed by atoms with van der Waals surface area (Å²) in [4.78, 5) is 11.8. The first kappa shape index (κ1) is 20.8. The molecule has 2 rings (SSSR count). The lowest BCUT2D eigenvalue weighted by atomic mass is 10.2. The summed E-state index contributed by atoms with van der Waals surface area (Å²) in [6.45, 7) is 4.11. The molecule has 27 heavy (non-hydrogen) atoms. The third-order valence-corrected chi connectivity index (χ3v) is 5.18. The molecule has 0 fully saturated rings. The summed E-state index contributed by atoms with van der Waals surface area (Å²) in [5.41, 5.74) is 1.80. The molecule has 0 spiro atoms. The van der Waals surface area contributed by atoms with Gasteiger partial charge in [-0.1, -0.05) is 6.92 Å². The second-order valence-corrected chi connectivity index (χ2v) is 7.58. The molecule has 0 aliphatic heterocycles. The van der Waals surface area contributed by atoms with Crippen LogP contribution in [0.25, 0.3) is 0 Å². The Bertz CT molecular complexity index is 895. The number of rotatable bonds is 7. The molecular weight excluding hydrogens is 386 g/mol. The van der Waals surface area contributed by atoms with Gasteiger partial charge in [-0.3, -0.25) is 0 Å². The summed E-state index contributed by atoms with van der Waals surface area (Å²) in [7, 11) is -3.48. The Labute approximate surface area is 164 Å². The van der Waals surface area contributed by atoms with Gasteiger partial charge in [-0.15, -0.1) is 0 Å². The fourth-order valence-electron chi connectivity index (χ4n) is 2.19. The summed E-state index contributed by atoms with van der Waals surface area (Å²) >= 11 is 5.25. The third kappa shape index (κ3) is 6.02. The van der Waals surface area contributed by atoms with Gasteiger partial charge in [0, 0.05) is 17.9 Å². The highest BCUT2D eigenvalue weighted by Crippen LogP contribution is 2.15. The predicted octanol–water partition coefficient (Wildman–Crippen LogP) is 2.97. The molecule has 0 unspecified atom stereocenters. The summed E-state index contributed by atoms with van der Waals surface area (Å²) in [6.07, 6.45) is 0. The Morgan fingerprint density at radius 2 is 1.48 bits per heavy atom. The van der Waals surface area contributed by atoms with E-state index in [9.17, 15) is 13.2 Å². The van der Waals surface area contributed by atoms with E-state index in [1.807, 2.05) is 0 Å². The van der Waals surface area contributed by atoms with Gasteiger partial charge < -0.3 is 15.4 Å². The molecule has 0 aromatic heterocycles. The van der Waals surface area contributed by atoms with Crippen LogP contribution in [0.2, 0.25) is 0 Å². The molecule has 0 amide bonds. The summed E-state index contributed by atoms with van der Waals surface area (Å²) in [5.74, 6) is -0.377. The Morgan fingerprint density at radius 3 is 1.96 bits per heavy atom. The van der Waals surface area contributed by atoms with Crippen molar-refractivity contribution in [2.75, 3.05) is 23.8 Å². The Kier molecular flexibility index (Phi) is 7.28. The van der Waals surface area contributed by atoms with Crippen LogP contribution in [0.15, 0.2) is 53.4 Å². The van der Waals surface area contributed by atoms with Gasteiger partial charge in [-0.2, -0.15) is 0 Å². The van der Waals surface area contributed by atoms with Crippen molar-refractivity contribution >= 4 is 44.7 Å². The Hall–Kier alpha value is -2.49. The average Bonchev–Trinajstić information content (AvgIpc) is 2.63. The van der Waals surface area contributed by atoms with E-state index in [-0.39, 0.29) is 10.9 Å². The van der Waals surface area contributed by atoms with Crippen LogP contribution >= 0.6 is 12.2 Å². The van der Waals surface area contributed by atoms with E-state index in [0.717, 1.165) is 0 Å². The normalized spacial score (nSPS) is 10.9. The first-order valence-corrected chi connectivity index (χ1v) is 10.2. The van der Waals surface area contributed by atoms with E-state index < -0.39 is 10.0 Å². The molecule has 2 aromatic rings. The van der Waals surface area contributed by atoms with Crippen molar-refractivity contribution in [3.63, 3.8) is 0 Å². The smallest absolute Gasteiger partial charge is 0.338 e. The zero-order valence-corrected chi connectivity index (χ0v) is 16.6. The van der Waals surface area contributed by atoms with E-state index >= 15 is 0 Å². The lowest BCUT2D eigenvalue weighted by Gasteiger charge is -2.12. The van der Waals surface area contributed by atoms with Crippen LogP contribution in [-0.4, -0.2) is 32.7 Å². The van der Waals surface area contributed by atoms with Crippen molar-refractivity contribution in [3.05, 3.63) is 54.1 Å². The van der Waals surface area contributed by atoms with Gasteiger partial charge >= 0.3 is 5.97 Å². The number of sulfonamides is 1. The van der Waals surface area contributed by atoms with E-state index in [2.05, 4.69) is 15.4 Å². The first-order chi connectivity index (χ1) is 12.9. The molecule has 0 aliphatic rings. The lowest BCUT2D eigenvalue weighted by molar-refractivity contribution is 0.0526. The highest BCUT2D eigenvalue weighted by atomic mass is 32.2. The maximum Gasteiger partial charge on any atom is 0.338 e.